The quantitative estimate of drug-likeness (QED) is 0.428. The van der Waals surface area contributed by atoms with Crippen molar-refractivity contribution in [2.75, 3.05) is 0 Å². The van der Waals surface area contributed by atoms with Gasteiger partial charge in [-0.05, 0) is 61.7 Å². The second-order valence-electron chi connectivity index (χ2n) is 7.23. The molecule has 148 valence electrons. The Balaban J connectivity index is 1.89. The first-order valence-corrected chi connectivity index (χ1v) is 10.1. The van der Waals surface area contributed by atoms with Crippen molar-refractivity contribution in [3.63, 3.8) is 0 Å². The molecule has 0 unspecified atom stereocenters. The smallest absolute Gasteiger partial charge is 0.260 e. The van der Waals surface area contributed by atoms with E-state index in [-0.39, 0.29) is 17.7 Å². The molecular weight excluding hydrogens is 384 g/mol. The molecule has 2 amide bonds. The highest BCUT2D eigenvalue weighted by atomic mass is 35.5. The lowest BCUT2D eigenvalue weighted by molar-refractivity contribution is -0.123. The Morgan fingerprint density at radius 1 is 1.15 bits per heavy atom. The van der Waals surface area contributed by atoms with Gasteiger partial charge in [-0.2, -0.15) is 0 Å². The molecule has 0 spiro atoms. The Kier molecular flexibility index (Phi) is 8.31. The van der Waals surface area contributed by atoms with Gasteiger partial charge < -0.3 is 10.6 Å². The fourth-order valence-corrected chi connectivity index (χ4v) is 3.39. The van der Waals surface area contributed by atoms with Crippen molar-refractivity contribution < 1.29 is 9.59 Å². The SMILES string of the molecule is CC(C)C[C@@H](NC(=O)c1ccc(Cl)cc1)C(=O)NNC(=S)NC1CCCC1. The number of halogens is 1. The summed E-state index contributed by atoms with van der Waals surface area (Å²) >= 11 is 11.1. The summed E-state index contributed by atoms with van der Waals surface area (Å²) in [6.07, 6.45) is 5.07. The van der Waals surface area contributed by atoms with E-state index < -0.39 is 6.04 Å². The molecule has 8 heteroatoms. The van der Waals surface area contributed by atoms with E-state index in [1.165, 1.54) is 12.8 Å². The molecule has 1 aromatic carbocycles. The van der Waals surface area contributed by atoms with Crippen molar-refractivity contribution in [3.05, 3.63) is 34.9 Å². The van der Waals surface area contributed by atoms with Gasteiger partial charge in [0.05, 0.1) is 0 Å². The summed E-state index contributed by atoms with van der Waals surface area (Å²) in [5.74, 6) is -0.421. The lowest BCUT2D eigenvalue weighted by atomic mass is 10.0. The molecule has 0 aromatic heterocycles. The number of hydrazine groups is 1. The van der Waals surface area contributed by atoms with Gasteiger partial charge in [0.1, 0.15) is 6.04 Å². The van der Waals surface area contributed by atoms with Crippen LogP contribution in [0, 0.1) is 5.92 Å². The van der Waals surface area contributed by atoms with Crippen LogP contribution in [-0.4, -0.2) is 29.0 Å². The van der Waals surface area contributed by atoms with Gasteiger partial charge in [0, 0.05) is 16.6 Å². The third-order valence-corrected chi connectivity index (χ3v) is 4.90. The first-order valence-electron chi connectivity index (χ1n) is 9.28. The molecule has 1 aromatic rings. The molecule has 0 heterocycles. The van der Waals surface area contributed by atoms with Gasteiger partial charge in [-0.15, -0.1) is 0 Å². The molecule has 0 saturated heterocycles. The zero-order valence-electron chi connectivity index (χ0n) is 15.7. The van der Waals surface area contributed by atoms with E-state index >= 15 is 0 Å². The molecule has 1 atom stereocenters. The molecular formula is C19H27ClN4O2S. The van der Waals surface area contributed by atoms with Crippen LogP contribution in [0.5, 0.6) is 0 Å². The first-order chi connectivity index (χ1) is 12.8. The maximum absolute atomic E-state index is 12.5. The zero-order valence-corrected chi connectivity index (χ0v) is 17.3. The van der Waals surface area contributed by atoms with Gasteiger partial charge in [-0.25, -0.2) is 0 Å². The van der Waals surface area contributed by atoms with Crippen LogP contribution in [0.4, 0.5) is 0 Å². The Morgan fingerprint density at radius 2 is 1.78 bits per heavy atom. The van der Waals surface area contributed by atoms with E-state index in [9.17, 15) is 9.59 Å². The number of amides is 2. The number of carbonyl (C=O) groups is 2. The number of hydrogen-bond donors (Lipinski definition) is 4. The van der Waals surface area contributed by atoms with Crippen molar-refractivity contribution >= 4 is 40.7 Å². The number of thiocarbonyl (C=S) groups is 1. The summed E-state index contributed by atoms with van der Waals surface area (Å²) in [5.41, 5.74) is 5.79. The van der Waals surface area contributed by atoms with Crippen LogP contribution in [-0.2, 0) is 4.79 Å². The van der Waals surface area contributed by atoms with E-state index in [1.807, 2.05) is 13.8 Å². The number of benzene rings is 1. The molecule has 1 aliphatic carbocycles. The summed E-state index contributed by atoms with van der Waals surface area (Å²) in [7, 11) is 0. The van der Waals surface area contributed by atoms with Crippen LogP contribution in [0.3, 0.4) is 0 Å². The lowest BCUT2D eigenvalue weighted by Crippen LogP contribution is -2.55. The van der Waals surface area contributed by atoms with Gasteiger partial charge >= 0.3 is 0 Å². The Labute approximate surface area is 170 Å². The zero-order chi connectivity index (χ0) is 19.8. The Morgan fingerprint density at radius 3 is 2.37 bits per heavy atom. The lowest BCUT2D eigenvalue weighted by Gasteiger charge is -2.22. The minimum absolute atomic E-state index is 0.231. The van der Waals surface area contributed by atoms with Gasteiger partial charge in [0.15, 0.2) is 5.11 Å². The van der Waals surface area contributed by atoms with Crippen LogP contribution in [0.1, 0.15) is 56.3 Å². The van der Waals surface area contributed by atoms with Gasteiger partial charge in [-0.3, -0.25) is 20.4 Å². The average molecular weight is 411 g/mol. The fraction of sp³-hybridized carbons (Fsp3) is 0.526. The molecule has 6 nitrogen and oxygen atoms in total. The van der Waals surface area contributed by atoms with Crippen molar-refractivity contribution in [2.24, 2.45) is 5.92 Å². The highest BCUT2D eigenvalue weighted by Crippen LogP contribution is 2.17. The number of rotatable bonds is 6. The van der Waals surface area contributed by atoms with Gasteiger partial charge in [0.2, 0.25) is 0 Å². The molecule has 2 rings (SSSR count). The third kappa shape index (κ3) is 7.34. The predicted octanol–water partition coefficient (Wildman–Crippen LogP) is 2.92. The second kappa shape index (κ2) is 10.5. The van der Waals surface area contributed by atoms with E-state index in [0.29, 0.717) is 28.2 Å². The van der Waals surface area contributed by atoms with Crippen molar-refractivity contribution in [2.45, 2.75) is 58.0 Å². The van der Waals surface area contributed by atoms with Crippen LogP contribution < -0.4 is 21.5 Å². The highest BCUT2D eigenvalue weighted by Gasteiger charge is 2.23. The van der Waals surface area contributed by atoms with Crippen LogP contribution in [0.25, 0.3) is 0 Å². The van der Waals surface area contributed by atoms with E-state index in [2.05, 4.69) is 21.5 Å². The van der Waals surface area contributed by atoms with E-state index in [4.69, 9.17) is 23.8 Å². The summed E-state index contributed by atoms with van der Waals surface area (Å²) in [6, 6.07) is 6.22. The minimum Gasteiger partial charge on any atom is -0.359 e. The molecule has 0 radical (unpaired) electrons. The Hall–Kier alpha value is -1.86. The molecule has 27 heavy (non-hydrogen) atoms. The summed E-state index contributed by atoms with van der Waals surface area (Å²) < 4.78 is 0. The minimum atomic E-state index is -0.671. The normalized spacial score (nSPS) is 15.3. The summed E-state index contributed by atoms with van der Waals surface area (Å²) in [4.78, 5) is 25.0. The van der Waals surface area contributed by atoms with E-state index in [0.717, 1.165) is 12.8 Å². The maximum atomic E-state index is 12.5. The molecule has 1 aliphatic rings. The summed E-state index contributed by atoms with van der Waals surface area (Å²) in [5, 5.41) is 6.92. The first kappa shape index (κ1) is 21.4. The predicted molar refractivity (Wildman–Crippen MR) is 111 cm³/mol. The topological polar surface area (TPSA) is 82.3 Å². The van der Waals surface area contributed by atoms with Gasteiger partial charge in [-0.1, -0.05) is 38.3 Å². The maximum Gasteiger partial charge on any atom is 0.260 e. The third-order valence-electron chi connectivity index (χ3n) is 4.42. The van der Waals surface area contributed by atoms with Crippen LogP contribution >= 0.6 is 23.8 Å². The van der Waals surface area contributed by atoms with Crippen molar-refractivity contribution in [1.82, 2.24) is 21.5 Å². The summed E-state index contributed by atoms with van der Waals surface area (Å²) in [6.45, 7) is 3.99. The molecule has 0 bridgehead atoms. The Bertz CT molecular complexity index is 660. The second-order valence-corrected chi connectivity index (χ2v) is 8.08. The van der Waals surface area contributed by atoms with Crippen molar-refractivity contribution in [1.29, 1.82) is 0 Å². The average Bonchev–Trinajstić information content (AvgIpc) is 3.12. The highest BCUT2D eigenvalue weighted by molar-refractivity contribution is 7.80. The largest absolute Gasteiger partial charge is 0.359 e. The number of carbonyl (C=O) groups excluding carboxylic acids is 2. The molecule has 1 fully saturated rings. The monoisotopic (exact) mass is 410 g/mol. The fourth-order valence-electron chi connectivity index (χ4n) is 3.04. The molecule has 0 aliphatic heterocycles. The number of nitrogens with one attached hydrogen (secondary N) is 4. The van der Waals surface area contributed by atoms with Crippen LogP contribution in [0.15, 0.2) is 24.3 Å². The molecule has 4 N–H and O–H groups in total. The standard InChI is InChI=1S/C19H27ClN4O2S/c1-12(2)11-16(22-17(25)13-7-9-14(20)10-8-13)18(26)23-24-19(27)21-15-5-3-4-6-15/h7-10,12,15-16H,3-6,11H2,1-2H3,(H,22,25)(H,23,26)(H2,21,24,27)/t16-/m1/s1. The number of hydrogen-bond acceptors (Lipinski definition) is 3. The van der Waals surface area contributed by atoms with E-state index in [1.54, 1.807) is 24.3 Å². The molecule has 1 saturated carbocycles. The van der Waals surface area contributed by atoms with Crippen molar-refractivity contribution in [3.8, 4) is 0 Å². The van der Waals surface area contributed by atoms with Gasteiger partial charge in [0.25, 0.3) is 11.8 Å². The van der Waals surface area contributed by atoms with Crippen LogP contribution in [0.2, 0.25) is 5.02 Å².